The van der Waals surface area contributed by atoms with E-state index in [2.05, 4.69) is 41.1 Å². The third-order valence-electron chi connectivity index (χ3n) is 2.51. The first-order chi connectivity index (χ1) is 8.06. The van der Waals surface area contributed by atoms with Crippen molar-refractivity contribution in [2.24, 2.45) is 0 Å². The van der Waals surface area contributed by atoms with Crippen LogP contribution in [0.15, 0.2) is 45.9 Å². The normalized spacial score (nSPS) is 10.5. The highest BCUT2D eigenvalue weighted by molar-refractivity contribution is 9.10. The lowest BCUT2D eigenvalue weighted by atomic mass is 10.1. The molecule has 2 aromatic rings. The number of rotatable bonds is 2. The number of pyridine rings is 1. The zero-order chi connectivity index (χ0) is 12.4. The second-order valence-corrected chi connectivity index (χ2v) is 4.91. The Kier molecular flexibility index (Phi) is 3.33. The maximum atomic E-state index is 11.4. The summed E-state index contributed by atoms with van der Waals surface area (Å²) in [5.74, 6) is 0. The van der Waals surface area contributed by atoms with Crippen molar-refractivity contribution in [1.82, 2.24) is 4.57 Å². The Morgan fingerprint density at radius 2 is 2.12 bits per heavy atom. The van der Waals surface area contributed by atoms with E-state index in [4.69, 9.17) is 5.73 Å². The second-order valence-electron chi connectivity index (χ2n) is 4.05. The Labute approximate surface area is 108 Å². The lowest BCUT2D eigenvalue weighted by molar-refractivity contribution is 0.786. The molecule has 1 aromatic carbocycles. The predicted octanol–water partition coefficient (Wildman–Crippen LogP) is 2.55. The van der Waals surface area contributed by atoms with Crippen LogP contribution < -0.4 is 11.2 Å². The number of hydrogen-bond donors (Lipinski definition) is 1. The monoisotopic (exact) mass is 292 g/mol. The Bertz CT molecular complexity index is 578. The van der Waals surface area contributed by atoms with E-state index in [0.717, 1.165) is 0 Å². The highest BCUT2D eigenvalue weighted by atomic mass is 79.9. The number of halogens is 1. The van der Waals surface area contributed by atoms with E-state index in [1.165, 1.54) is 11.1 Å². The van der Waals surface area contributed by atoms with Gasteiger partial charge in [0.25, 0.3) is 0 Å². The quantitative estimate of drug-likeness (QED) is 0.925. The van der Waals surface area contributed by atoms with Gasteiger partial charge in [0.2, 0.25) is 5.43 Å². The molecule has 0 amide bonds. The average Bonchev–Trinajstić information content (AvgIpc) is 2.26. The summed E-state index contributed by atoms with van der Waals surface area (Å²) < 4.78 is 2.39. The van der Waals surface area contributed by atoms with Crippen LogP contribution in [-0.4, -0.2) is 4.57 Å². The first kappa shape index (κ1) is 11.9. The molecule has 0 aliphatic carbocycles. The van der Waals surface area contributed by atoms with Gasteiger partial charge in [-0.3, -0.25) is 4.79 Å². The minimum Gasteiger partial charge on any atom is -0.394 e. The molecule has 0 fully saturated rings. The third-order valence-corrected chi connectivity index (χ3v) is 3.08. The van der Waals surface area contributed by atoms with Crippen LogP contribution in [0, 0.1) is 6.92 Å². The number of aryl methyl sites for hydroxylation is 1. The summed E-state index contributed by atoms with van der Waals surface area (Å²) in [5.41, 5.74) is 8.14. The molecule has 3 nitrogen and oxygen atoms in total. The molecule has 2 N–H and O–H groups in total. The van der Waals surface area contributed by atoms with Gasteiger partial charge < -0.3 is 10.3 Å². The molecule has 17 heavy (non-hydrogen) atoms. The van der Waals surface area contributed by atoms with E-state index in [1.807, 2.05) is 10.6 Å². The largest absolute Gasteiger partial charge is 0.394 e. The third kappa shape index (κ3) is 2.77. The molecular weight excluding hydrogens is 280 g/mol. The molecule has 0 saturated carbocycles. The zero-order valence-corrected chi connectivity index (χ0v) is 11.1. The van der Waals surface area contributed by atoms with Gasteiger partial charge >= 0.3 is 0 Å². The van der Waals surface area contributed by atoms with Crippen LogP contribution in [0.4, 0.5) is 5.69 Å². The molecule has 88 valence electrons. The smallest absolute Gasteiger partial charge is 0.218 e. The van der Waals surface area contributed by atoms with E-state index in [1.54, 1.807) is 12.4 Å². The lowest BCUT2D eigenvalue weighted by Crippen LogP contribution is -2.13. The van der Waals surface area contributed by atoms with E-state index < -0.39 is 0 Å². The average molecular weight is 293 g/mol. The molecule has 0 aliphatic heterocycles. The van der Waals surface area contributed by atoms with Crippen molar-refractivity contribution in [3.8, 4) is 0 Å². The van der Waals surface area contributed by atoms with E-state index in [0.29, 0.717) is 11.0 Å². The summed E-state index contributed by atoms with van der Waals surface area (Å²) in [6.07, 6.45) is 3.41. The lowest BCUT2D eigenvalue weighted by Gasteiger charge is -2.08. The molecule has 2 rings (SSSR count). The Morgan fingerprint density at radius 3 is 2.76 bits per heavy atom. The van der Waals surface area contributed by atoms with E-state index >= 15 is 0 Å². The molecule has 1 heterocycles. The summed E-state index contributed by atoms with van der Waals surface area (Å²) in [5, 5.41) is 0. The number of benzene rings is 1. The van der Waals surface area contributed by atoms with Crippen LogP contribution in [0.25, 0.3) is 0 Å². The van der Waals surface area contributed by atoms with Crippen molar-refractivity contribution in [2.75, 3.05) is 5.73 Å². The van der Waals surface area contributed by atoms with Gasteiger partial charge in [-0.2, -0.15) is 0 Å². The van der Waals surface area contributed by atoms with Gasteiger partial charge in [0.05, 0.1) is 10.2 Å². The van der Waals surface area contributed by atoms with Crippen molar-refractivity contribution >= 4 is 21.6 Å². The van der Waals surface area contributed by atoms with Gasteiger partial charge in [0, 0.05) is 18.9 Å². The van der Waals surface area contributed by atoms with Crippen LogP contribution in [0.2, 0.25) is 0 Å². The first-order valence-corrected chi connectivity index (χ1v) is 6.06. The first-order valence-electron chi connectivity index (χ1n) is 5.27. The highest BCUT2D eigenvalue weighted by Gasteiger charge is 2.02. The maximum Gasteiger partial charge on any atom is 0.218 e. The van der Waals surface area contributed by atoms with Crippen LogP contribution >= 0.6 is 15.9 Å². The maximum absolute atomic E-state index is 11.4. The fourth-order valence-corrected chi connectivity index (χ4v) is 2.22. The molecule has 1 aromatic heterocycles. The summed E-state index contributed by atoms with van der Waals surface area (Å²) in [7, 11) is 0. The summed E-state index contributed by atoms with van der Waals surface area (Å²) in [6.45, 7) is 2.75. The van der Waals surface area contributed by atoms with Gasteiger partial charge in [0.1, 0.15) is 0 Å². The van der Waals surface area contributed by atoms with Crippen molar-refractivity contribution in [1.29, 1.82) is 0 Å². The molecule has 0 radical (unpaired) electrons. The number of aromatic nitrogens is 1. The molecule has 0 bridgehead atoms. The summed E-state index contributed by atoms with van der Waals surface area (Å²) in [6, 6.07) is 8.24. The van der Waals surface area contributed by atoms with Crippen molar-refractivity contribution < 1.29 is 0 Å². The predicted molar refractivity (Wildman–Crippen MR) is 73.1 cm³/mol. The SMILES string of the molecule is Cc1cccc(Cn2cc(N)c(=O)c(Br)c2)c1. The van der Waals surface area contributed by atoms with Crippen molar-refractivity contribution in [2.45, 2.75) is 13.5 Å². The van der Waals surface area contributed by atoms with Gasteiger partial charge in [-0.05, 0) is 28.4 Å². The number of anilines is 1. The molecule has 0 atom stereocenters. The highest BCUT2D eigenvalue weighted by Crippen LogP contribution is 2.10. The summed E-state index contributed by atoms with van der Waals surface area (Å²) in [4.78, 5) is 11.4. The topological polar surface area (TPSA) is 48.0 Å². The number of hydrogen-bond acceptors (Lipinski definition) is 2. The summed E-state index contributed by atoms with van der Waals surface area (Å²) >= 11 is 3.21. The van der Waals surface area contributed by atoms with Gasteiger partial charge in [-0.25, -0.2) is 0 Å². The second kappa shape index (κ2) is 4.75. The molecule has 0 saturated heterocycles. The molecule has 0 unspecified atom stereocenters. The Morgan fingerprint density at radius 1 is 1.35 bits per heavy atom. The minimum absolute atomic E-state index is 0.162. The van der Waals surface area contributed by atoms with Crippen LogP contribution in [-0.2, 0) is 6.54 Å². The zero-order valence-electron chi connectivity index (χ0n) is 9.48. The van der Waals surface area contributed by atoms with E-state index in [9.17, 15) is 4.79 Å². The molecule has 0 aliphatic rings. The van der Waals surface area contributed by atoms with Crippen LogP contribution in [0.5, 0.6) is 0 Å². The Balaban J connectivity index is 2.34. The molecule has 4 heteroatoms. The molecule has 0 spiro atoms. The number of nitrogens with zero attached hydrogens (tertiary/aromatic N) is 1. The van der Waals surface area contributed by atoms with Crippen molar-refractivity contribution in [3.05, 3.63) is 62.5 Å². The standard InChI is InChI=1S/C13H13BrN2O/c1-9-3-2-4-10(5-9)6-16-7-11(14)13(17)12(15)8-16/h2-5,7-8H,6,15H2,1H3. The fourth-order valence-electron chi connectivity index (χ4n) is 1.73. The van der Waals surface area contributed by atoms with Crippen molar-refractivity contribution in [3.63, 3.8) is 0 Å². The minimum atomic E-state index is -0.162. The number of nitrogens with two attached hydrogens (primary N) is 1. The van der Waals surface area contributed by atoms with Gasteiger partial charge in [0.15, 0.2) is 0 Å². The number of nitrogen functional groups attached to an aromatic ring is 1. The van der Waals surface area contributed by atoms with Gasteiger partial charge in [-0.1, -0.05) is 29.8 Å². The van der Waals surface area contributed by atoms with Crippen LogP contribution in [0.1, 0.15) is 11.1 Å². The van der Waals surface area contributed by atoms with Gasteiger partial charge in [-0.15, -0.1) is 0 Å². The van der Waals surface area contributed by atoms with Crippen LogP contribution in [0.3, 0.4) is 0 Å². The van der Waals surface area contributed by atoms with E-state index in [-0.39, 0.29) is 11.1 Å². The Hall–Kier alpha value is -1.55. The fraction of sp³-hybridized carbons (Fsp3) is 0.154. The molecular formula is C13H13BrN2O.